The van der Waals surface area contributed by atoms with E-state index in [-0.39, 0.29) is 12.4 Å². The Balaban J connectivity index is 0.00000132. The third-order valence-electron chi connectivity index (χ3n) is 4.28. The number of para-hydroxylation sites is 1. The number of benzene rings is 1. The molecule has 0 atom stereocenters. The number of nitrogens with one attached hydrogen (secondary N) is 1. The van der Waals surface area contributed by atoms with Gasteiger partial charge in [0.1, 0.15) is 6.33 Å². The topological polar surface area (TPSA) is 41.1 Å². The van der Waals surface area contributed by atoms with E-state index in [1.54, 1.807) is 6.33 Å². The molecule has 0 spiro atoms. The van der Waals surface area contributed by atoms with Crippen molar-refractivity contribution < 1.29 is 0 Å². The van der Waals surface area contributed by atoms with Crippen molar-refractivity contribution in [1.29, 1.82) is 0 Å². The first kappa shape index (κ1) is 14.3. The van der Waals surface area contributed by atoms with Gasteiger partial charge in [-0.1, -0.05) is 18.2 Å². The van der Waals surface area contributed by atoms with Gasteiger partial charge in [-0.15, -0.1) is 12.4 Å². The highest BCUT2D eigenvalue weighted by Gasteiger charge is 2.20. The first-order valence-corrected chi connectivity index (χ1v) is 7.25. The number of hydrogen-bond donors (Lipinski definition) is 1. The normalized spacial score (nSPS) is 16.6. The van der Waals surface area contributed by atoms with Gasteiger partial charge in [0, 0.05) is 38.1 Å². The number of hydrogen-bond acceptors (Lipinski definition) is 4. The van der Waals surface area contributed by atoms with E-state index < -0.39 is 0 Å². The van der Waals surface area contributed by atoms with Crippen LogP contribution < -0.4 is 5.32 Å². The Morgan fingerprint density at radius 3 is 3.10 bits per heavy atom. The standard InChI is InChI=1S/C16H18N4.ClH/c1-2-12-4-6-18-16(12)14(3-1)9-20-7-5-13-8-17-11-19-15(13)10-20;/h1-3,8,11,18H,4-7,9-10H2;1H. The van der Waals surface area contributed by atoms with Crippen LogP contribution in [0.3, 0.4) is 0 Å². The third-order valence-corrected chi connectivity index (χ3v) is 4.28. The Morgan fingerprint density at radius 2 is 2.14 bits per heavy atom. The molecule has 0 unspecified atom stereocenters. The zero-order valence-corrected chi connectivity index (χ0v) is 12.7. The van der Waals surface area contributed by atoms with Crippen LogP contribution in [0.1, 0.15) is 22.4 Å². The van der Waals surface area contributed by atoms with Gasteiger partial charge in [-0.05, 0) is 29.5 Å². The zero-order chi connectivity index (χ0) is 13.4. The van der Waals surface area contributed by atoms with Gasteiger partial charge >= 0.3 is 0 Å². The van der Waals surface area contributed by atoms with Crippen molar-refractivity contribution in [3.63, 3.8) is 0 Å². The summed E-state index contributed by atoms with van der Waals surface area (Å²) in [5.74, 6) is 0. The molecule has 5 heteroatoms. The van der Waals surface area contributed by atoms with Crippen molar-refractivity contribution in [2.24, 2.45) is 0 Å². The molecule has 0 amide bonds. The summed E-state index contributed by atoms with van der Waals surface area (Å²) < 4.78 is 0. The van der Waals surface area contributed by atoms with Gasteiger partial charge in [-0.25, -0.2) is 9.97 Å². The Morgan fingerprint density at radius 1 is 1.19 bits per heavy atom. The van der Waals surface area contributed by atoms with Crippen LogP contribution >= 0.6 is 12.4 Å². The molecular formula is C16H19ClN4. The first-order valence-electron chi connectivity index (χ1n) is 7.25. The average Bonchev–Trinajstić information content (AvgIpc) is 2.97. The SMILES string of the molecule is Cl.c1cc2c(c(CN3CCc4cncnc4C3)c1)NCC2. The highest BCUT2D eigenvalue weighted by Crippen LogP contribution is 2.28. The van der Waals surface area contributed by atoms with E-state index in [1.807, 2.05) is 6.20 Å². The van der Waals surface area contributed by atoms with Gasteiger partial charge in [0.2, 0.25) is 0 Å². The quantitative estimate of drug-likeness (QED) is 0.925. The van der Waals surface area contributed by atoms with Crippen LogP contribution in [0, 0.1) is 0 Å². The molecule has 1 aromatic heterocycles. The van der Waals surface area contributed by atoms with Gasteiger partial charge < -0.3 is 5.32 Å². The smallest absolute Gasteiger partial charge is 0.115 e. The summed E-state index contributed by atoms with van der Waals surface area (Å²) in [6, 6.07) is 6.66. The number of aromatic nitrogens is 2. The van der Waals surface area contributed by atoms with Gasteiger partial charge in [0.15, 0.2) is 0 Å². The van der Waals surface area contributed by atoms with E-state index in [1.165, 1.54) is 28.1 Å². The molecule has 2 aliphatic heterocycles. The summed E-state index contributed by atoms with van der Waals surface area (Å²) in [6.45, 7) is 4.09. The van der Waals surface area contributed by atoms with Gasteiger partial charge in [0.25, 0.3) is 0 Å². The van der Waals surface area contributed by atoms with Crippen molar-refractivity contribution in [1.82, 2.24) is 14.9 Å². The van der Waals surface area contributed by atoms with Crippen molar-refractivity contribution in [3.8, 4) is 0 Å². The van der Waals surface area contributed by atoms with Crippen LogP contribution in [0.5, 0.6) is 0 Å². The van der Waals surface area contributed by atoms with Crippen molar-refractivity contribution in [2.75, 3.05) is 18.4 Å². The summed E-state index contributed by atoms with van der Waals surface area (Å²) in [5, 5.41) is 3.53. The minimum Gasteiger partial charge on any atom is -0.384 e. The molecule has 1 N–H and O–H groups in total. The lowest BCUT2D eigenvalue weighted by Crippen LogP contribution is -2.31. The van der Waals surface area contributed by atoms with Gasteiger partial charge in [-0.2, -0.15) is 0 Å². The minimum atomic E-state index is 0. The van der Waals surface area contributed by atoms with Crippen molar-refractivity contribution in [2.45, 2.75) is 25.9 Å². The fourth-order valence-electron chi connectivity index (χ4n) is 3.22. The molecular weight excluding hydrogens is 284 g/mol. The molecule has 0 aliphatic carbocycles. The van der Waals surface area contributed by atoms with Gasteiger partial charge in [-0.3, -0.25) is 4.90 Å². The van der Waals surface area contributed by atoms with Crippen LogP contribution in [-0.4, -0.2) is 28.0 Å². The maximum Gasteiger partial charge on any atom is 0.115 e. The summed E-state index contributed by atoms with van der Waals surface area (Å²) in [7, 11) is 0. The lowest BCUT2D eigenvalue weighted by atomic mass is 10.0. The predicted octanol–water partition coefficient (Wildman–Crippen LogP) is 2.42. The largest absolute Gasteiger partial charge is 0.384 e. The van der Waals surface area contributed by atoms with Crippen LogP contribution in [-0.2, 0) is 25.9 Å². The van der Waals surface area contributed by atoms with E-state index in [0.29, 0.717) is 0 Å². The second kappa shape index (κ2) is 6.00. The summed E-state index contributed by atoms with van der Waals surface area (Å²) in [4.78, 5) is 11.0. The average molecular weight is 303 g/mol. The zero-order valence-electron chi connectivity index (χ0n) is 11.9. The number of fused-ring (bicyclic) bond motifs is 2. The molecule has 2 aliphatic rings. The molecule has 110 valence electrons. The molecule has 3 heterocycles. The molecule has 4 nitrogen and oxygen atoms in total. The number of rotatable bonds is 2. The van der Waals surface area contributed by atoms with Gasteiger partial charge in [0.05, 0.1) is 5.69 Å². The number of halogens is 1. The lowest BCUT2D eigenvalue weighted by molar-refractivity contribution is 0.241. The predicted molar refractivity (Wildman–Crippen MR) is 85.7 cm³/mol. The second-order valence-electron chi connectivity index (χ2n) is 5.58. The molecule has 0 saturated carbocycles. The monoisotopic (exact) mass is 302 g/mol. The van der Waals surface area contributed by atoms with E-state index in [2.05, 4.69) is 38.4 Å². The Kier molecular flexibility index (Phi) is 4.08. The molecule has 0 fully saturated rings. The number of nitrogens with zero attached hydrogens (tertiary/aromatic N) is 3. The summed E-state index contributed by atoms with van der Waals surface area (Å²) in [6.07, 6.45) is 5.82. The molecule has 2 aromatic rings. The van der Waals surface area contributed by atoms with Crippen LogP contribution in [0.2, 0.25) is 0 Å². The molecule has 0 bridgehead atoms. The van der Waals surface area contributed by atoms with Crippen molar-refractivity contribution in [3.05, 3.63) is 53.1 Å². The summed E-state index contributed by atoms with van der Waals surface area (Å²) >= 11 is 0. The Hall–Kier alpha value is -1.65. The van der Waals surface area contributed by atoms with E-state index >= 15 is 0 Å². The first-order chi connectivity index (χ1) is 9.90. The lowest BCUT2D eigenvalue weighted by Gasteiger charge is -2.28. The maximum absolute atomic E-state index is 4.42. The van der Waals surface area contributed by atoms with Crippen LogP contribution in [0.15, 0.2) is 30.7 Å². The molecule has 4 rings (SSSR count). The Bertz CT molecular complexity index is 644. The van der Waals surface area contributed by atoms with Crippen LogP contribution in [0.4, 0.5) is 5.69 Å². The van der Waals surface area contributed by atoms with E-state index in [0.717, 1.165) is 39.0 Å². The van der Waals surface area contributed by atoms with Crippen LogP contribution in [0.25, 0.3) is 0 Å². The fourth-order valence-corrected chi connectivity index (χ4v) is 3.22. The fraction of sp³-hybridized carbons (Fsp3) is 0.375. The van der Waals surface area contributed by atoms with E-state index in [4.69, 9.17) is 0 Å². The second-order valence-corrected chi connectivity index (χ2v) is 5.58. The highest BCUT2D eigenvalue weighted by atomic mass is 35.5. The third kappa shape index (κ3) is 2.74. The highest BCUT2D eigenvalue weighted by molar-refractivity contribution is 5.85. The molecule has 1 aromatic carbocycles. The Labute approximate surface area is 131 Å². The number of anilines is 1. The molecule has 21 heavy (non-hydrogen) atoms. The molecule has 0 radical (unpaired) electrons. The molecule has 0 saturated heterocycles. The minimum absolute atomic E-state index is 0. The van der Waals surface area contributed by atoms with Crippen molar-refractivity contribution >= 4 is 18.1 Å². The summed E-state index contributed by atoms with van der Waals surface area (Å²) in [5.41, 5.74) is 6.73. The maximum atomic E-state index is 4.42. The van der Waals surface area contributed by atoms with E-state index in [9.17, 15) is 0 Å².